The number of amides is 2. The lowest BCUT2D eigenvalue weighted by molar-refractivity contribution is -0.143. The molecule has 0 spiro atoms. The highest BCUT2D eigenvalue weighted by Gasteiger charge is 2.31. The van der Waals surface area contributed by atoms with Gasteiger partial charge in [0.1, 0.15) is 11.8 Å². The van der Waals surface area contributed by atoms with E-state index in [2.05, 4.69) is 5.32 Å². The number of nitrogens with one attached hydrogen (secondary N) is 1. The first-order valence-corrected chi connectivity index (χ1v) is 11.7. The number of rotatable bonds is 13. The molecule has 0 aliphatic rings. The van der Waals surface area contributed by atoms with Gasteiger partial charge in [0.15, 0.2) is 0 Å². The molecule has 0 heterocycles. The fourth-order valence-electron chi connectivity index (χ4n) is 3.50. The molecule has 2 aromatic rings. The Morgan fingerprint density at radius 1 is 0.939 bits per heavy atom. The minimum Gasteiger partial charge on any atom is -0.497 e. The van der Waals surface area contributed by atoms with Gasteiger partial charge in [0.2, 0.25) is 11.8 Å². The second-order valence-corrected chi connectivity index (χ2v) is 8.74. The van der Waals surface area contributed by atoms with E-state index in [0.29, 0.717) is 26.1 Å². The van der Waals surface area contributed by atoms with Gasteiger partial charge in [-0.15, -0.1) is 0 Å². The van der Waals surface area contributed by atoms with E-state index in [-0.39, 0.29) is 23.8 Å². The summed E-state index contributed by atoms with van der Waals surface area (Å²) >= 11 is 0. The van der Waals surface area contributed by atoms with Crippen molar-refractivity contribution in [3.63, 3.8) is 0 Å². The van der Waals surface area contributed by atoms with E-state index in [0.717, 1.165) is 23.3 Å². The molecule has 0 radical (unpaired) electrons. The normalized spacial score (nSPS) is 12.0. The van der Waals surface area contributed by atoms with Crippen LogP contribution in [0.4, 0.5) is 0 Å². The van der Waals surface area contributed by atoms with Gasteiger partial charge in [-0.2, -0.15) is 0 Å². The molecule has 0 aliphatic carbocycles. The van der Waals surface area contributed by atoms with Crippen LogP contribution in [0.5, 0.6) is 5.75 Å². The van der Waals surface area contributed by atoms with Crippen LogP contribution in [0.2, 0.25) is 0 Å². The molecule has 2 aromatic carbocycles. The minimum atomic E-state index is -0.615. The van der Waals surface area contributed by atoms with Crippen LogP contribution in [-0.2, 0) is 27.3 Å². The predicted octanol–water partition coefficient (Wildman–Crippen LogP) is 4.22. The summed E-state index contributed by atoms with van der Waals surface area (Å²) in [6.07, 6.45) is 1.33. The molecule has 2 amide bonds. The van der Waals surface area contributed by atoms with Crippen molar-refractivity contribution < 1.29 is 19.1 Å². The quantitative estimate of drug-likeness (QED) is 0.460. The van der Waals surface area contributed by atoms with Crippen molar-refractivity contribution >= 4 is 11.8 Å². The Labute approximate surface area is 198 Å². The number of ether oxygens (including phenoxy) is 2. The molecule has 0 aliphatic heterocycles. The van der Waals surface area contributed by atoms with E-state index < -0.39 is 6.04 Å². The third kappa shape index (κ3) is 8.89. The lowest BCUT2D eigenvalue weighted by atomic mass is 10.0. The first-order valence-electron chi connectivity index (χ1n) is 11.7. The molecule has 2 rings (SSSR count). The zero-order valence-corrected chi connectivity index (χ0v) is 20.5. The second-order valence-electron chi connectivity index (χ2n) is 8.74. The van der Waals surface area contributed by atoms with Crippen molar-refractivity contribution in [2.24, 2.45) is 5.92 Å². The number of nitrogens with zero attached hydrogens (tertiary/aromatic N) is 1. The van der Waals surface area contributed by atoms with Gasteiger partial charge in [-0.3, -0.25) is 9.59 Å². The highest BCUT2D eigenvalue weighted by atomic mass is 16.5. The molecular formula is C27H38N2O4. The predicted molar refractivity (Wildman–Crippen MR) is 131 cm³/mol. The fourth-order valence-corrected chi connectivity index (χ4v) is 3.50. The van der Waals surface area contributed by atoms with Crippen molar-refractivity contribution in [2.45, 2.75) is 59.2 Å². The van der Waals surface area contributed by atoms with Crippen molar-refractivity contribution in [3.05, 3.63) is 65.7 Å². The van der Waals surface area contributed by atoms with Crippen molar-refractivity contribution in [1.82, 2.24) is 10.2 Å². The maximum absolute atomic E-state index is 13.3. The highest BCUT2D eigenvalue weighted by molar-refractivity contribution is 5.88. The summed E-state index contributed by atoms with van der Waals surface area (Å²) in [4.78, 5) is 28.3. The number of hydrogen-bond acceptors (Lipinski definition) is 4. The number of carbonyl (C=O) groups excluding carboxylic acids is 2. The van der Waals surface area contributed by atoms with E-state index in [1.807, 2.05) is 82.3 Å². The average Bonchev–Trinajstić information content (AvgIpc) is 2.81. The van der Waals surface area contributed by atoms with Crippen LogP contribution in [0.3, 0.4) is 0 Å². The molecule has 0 bridgehead atoms. The van der Waals surface area contributed by atoms with Gasteiger partial charge in [0.05, 0.1) is 13.2 Å². The molecular weight excluding hydrogens is 416 g/mol. The average molecular weight is 455 g/mol. The van der Waals surface area contributed by atoms with Gasteiger partial charge in [-0.05, 0) is 43.5 Å². The van der Waals surface area contributed by atoms with Gasteiger partial charge in [-0.25, -0.2) is 0 Å². The van der Waals surface area contributed by atoms with Gasteiger partial charge >= 0.3 is 0 Å². The number of hydrogen-bond donors (Lipinski definition) is 1. The standard InChI is InChI=1S/C27H38N2O4/c1-20(2)27(31)29(19-23-12-14-24(32-5)15-13-23)25(18-22-10-7-6-8-11-22)26(30)28-16-9-17-33-21(3)4/h6-8,10-15,20-21,25H,9,16-19H2,1-5H3,(H,28,30)/t25-/m0/s1. The molecule has 180 valence electrons. The molecule has 0 unspecified atom stereocenters. The number of carbonyl (C=O) groups is 2. The van der Waals surface area contributed by atoms with Crippen LogP contribution in [0, 0.1) is 5.92 Å². The van der Waals surface area contributed by atoms with E-state index in [4.69, 9.17) is 9.47 Å². The summed E-state index contributed by atoms with van der Waals surface area (Å²) < 4.78 is 10.8. The van der Waals surface area contributed by atoms with Crippen LogP contribution in [0.1, 0.15) is 45.2 Å². The highest BCUT2D eigenvalue weighted by Crippen LogP contribution is 2.19. The SMILES string of the molecule is COc1ccc(CN(C(=O)C(C)C)[C@@H](Cc2ccccc2)C(=O)NCCCOC(C)C)cc1. The molecule has 1 atom stereocenters. The Bertz CT molecular complexity index is 850. The Hall–Kier alpha value is -2.86. The molecule has 0 saturated heterocycles. The molecule has 1 N–H and O–H groups in total. The van der Waals surface area contributed by atoms with Crippen molar-refractivity contribution in [2.75, 3.05) is 20.3 Å². The molecule has 33 heavy (non-hydrogen) atoms. The van der Waals surface area contributed by atoms with Gasteiger partial charge in [-0.1, -0.05) is 56.3 Å². The van der Waals surface area contributed by atoms with Gasteiger partial charge in [0.25, 0.3) is 0 Å². The molecule has 6 nitrogen and oxygen atoms in total. The van der Waals surface area contributed by atoms with Crippen LogP contribution >= 0.6 is 0 Å². The zero-order chi connectivity index (χ0) is 24.2. The fraction of sp³-hybridized carbons (Fsp3) is 0.481. The van der Waals surface area contributed by atoms with E-state index in [1.165, 1.54) is 0 Å². The maximum Gasteiger partial charge on any atom is 0.243 e. The van der Waals surface area contributed by atoms with Gasteiger partial charge < -0.3 is 19.7 Å². The minimum absolute atomic E-state index is 0.0509. The summed E-state index contributed by atoms with van der Waals surface area (Å²) in [6.45, 7) is 9.15. The number of methoxy groups -OCH3 is 1. The van der Waals surface area contributed by atoms with Gasteiger partial charge in [0, 0.05) is 32.0 Å². The lowest BCUT2D eigenvalue weighted by Crippen LogP contribution is -2.51. The molecule has 0 fully saturated rings. The third-order valence-corrected chi connectivity index (χ3v) is 5.31. The summed E-state index contributed by atoms with van der Waals surface area (Å²) in [6, 6.07) is 16.8. The van der Waals surface area contributed by atoms with E-state index >= 15 is 0 Å². The maximum atomic E-state index is 13.3. The van der Waals surface area contributed by atoms with Crippen molar-refractivity contribution in [1.29, 1.82) is 0 Å². The largest absolute Gasteiger partial charge is 0.497 e. The Balaban J connectivity index is 2.24. The van der Waals surface area contributed by atoms with Crippen molar-refractivity contribution in [3.8, 4) is 5.75 Å². The zero-order valence-electron chi connectivity index (χ0n) is 20.5. The Morgan fingerprint density at radius 3 is 2.18 bits per heavy atom. The summed E-state index contributed by atoms with van der Waals surface area (Å²) in [5, 5.41) is 3.02. The van der Waals surface area contributed by atoms with E-state index in [9.17, 15) is 9.59 Å². The summed E-state index contributed by atoms with van der Waals surface area (Å²) in [5.74, 6) is 0.326. The number of benzene rings is 2. The van der Waals surface area contributed by atoms with E-state index in [1.54, 1.807) is 12.0 Å². The molecule has 0 aromatic heterocycles. The second kappa shape index (κ2) is 13.6. The summed E-state index contributed by atoms with van der Waals surface area (Å²) in [7, 11) is 1.62. The Morgan fingerprint density at radius 2 is 1.61 bits per heavy atom. The molecule has 0 saturated carbocycles. The van der Waals surface area contributed by atoms with Crippen LogP contribution in [-0.4, -0.2) is 49.1 Å². The smallest absolute Gasteiger partial charge is 0.243 e. The Kier molecular flexibility index (Phi) is 10.9. The topological polar surface area (TPSA) is 67.9 Å². The lowest BCUT2D eigenvalue weighted by Gasteiger charge is -2.33. The third-order valence-electron chi connectivity index (χ3n) is 5.31. The first kappa shape index (κ1) is 26.4. The summed E-state index contributed by atoms with van der Waals surface area (Å²) in [5.41, 5.74) is 1.96. The van der Waals surface area contributed by atoms with Crippen LogP contribution in [0.15, 0.2) is 54.6 Å². The van der Waals surface area contributed by atoms with Crippen LogP contribution < -0.4 is 10.1 Å². The first-order chi connectivity index (χ1) is 15.8. The molecule has 6 heteroatoms. The monoisotopic (exact) mass is 454 g/mol. The van der Waals surface area contributed by atoms with Crippen LogP contribution in [0.25, 0.3) is 0 Å².